The fraction of sp³-hybridized carbons (Fsp3) is 0.346. The molecule has 0 radical (unpaired) electrons. The van der Waals surface area contributed by atoms with E-state index in [1.54, 1.807) is 22.9 Å². The van der Waals surface area contributed by atoms with Gasteiger partial charge in [0, 0.05) is 25.2 Å². The number of rotatable bonds is 2. The molecule has 0 bridgehead atoms. The number of anilines is 1. The zero-order valence-corrected chi connectivity index (χ0v) is 21.8. The Morgan fingerprint density at radius 2 is 2.05 bits per heavy atom. The van der Waals surface area contributed by atoms with Gasteiger partial charge in [-0.2, -0.15) is 10.1 Å². The third-order valence-corrected chi connectivity index (χ3v) is 7.12. The summed E-state index contributed by atoms with van der Waals surface area (Å²) < 4.78 is 24.1. The van der Waals surface area contributed by atoms with Crippen LogP contribution in [0.1, 0.15) is 20.8 Å². The van der Waals surface area contributed by atoms with Crippen molar-refractivity contribution in [3.63, 3.8) is 0 Å². The van der Waals surface area contributed by atoms with Gasteiger partial charge in [0.2, 0.25) is 5.69 Å². The van der Waals surface area contributed by atoms with Crippen molar-refractivity contribution in [1.29, 1.82) is 0 Å². The second kappa shape index (κ2) is 8.79. The topological polar surface area (TPSA) is 94.5 Å². The van der Waals surface area contributed by atoms with E-state index in [9.17, 15) is 4.79 Å². The molecular formula is C26H24ClFN8O2. The average Bonchev–Trinajstić information content (AvgIpc) is 3.25. The van der Waals surface area contributed by atoms with Crippen LogP contribution in [0.5, 0.6) is 5.75 Å². The molecule has 0 aliphatic carbocycles. The van der Waals surface area contributed by atoms with Crippen molar-refractivity contribution in [2.24, 2.45) is 0 Å². The number of hydrogen-bond donors (Lipinski definition) is 1. The summed E-state index contributed by atoms with van der Waals surface area (Å²) in [5.41, 5.74) is -0.618. The minimum atomic E-state index is -0.636. The monoisotopic (exact) mass is 534 g/mol. The Morgan fingerprint density at radius 1 is 1.26 bits per heavy atom. The molecule has 4 aromatic rings. The summed E-state index contributed by atoms with van der Waals surface area (Å²) in [7, 11) is 0. The first-order chi connectivity index (χ1) is 18.2. The Bertz CT molecular complexity index is 1700. The van der Waals surface area contributed by atoms with E-state index in [2.05, 4.69) is 20.2 Å². The number of nitrogens with one attached hydrogen (secondary N) is 1. The van der Waals surface area contributed by atoms with Crippen LogP contribution in [0.25, 0.3) is 33.0 Å². The SMILES string of the molecule is [C-]#[N+]c1cnn(C(C)(C)C)c1-n1c(=O)nc2c3c(c(Cl)c(-c4ccccc4F)nc31)OC[C@H]1CNCCN21. The first-order valence-corrected chi connectivity index (χ1v) is 12.6. The quantitative estimate of drug-likeness (QED) is 0.390. The van der Waals surface area contributed by atoms with Gasteiger partial charge in [-0.15, -0.1) is 0 Å². The fourth-order valence-electron chi connectivity index (χ4n) is 5.03. The highest BCUT2D eigenvalue weighted by Gasteiger charge is 2.35. The normalized spacial score (nSPS) is 17.1. The van der Waals surface area contributed by atoms with E-state index in [1.165, 1.54) is 16.8 Å². The molecule has 12 heteroatoms. The highest BCUT2D eigenvalue weighted by Crippen LogP contribution is 2.45. The Labute approximate surface area is 222 Å². The van der Waals surface area contributed by atoms with E-state index in [1.807, 2.05) is 25.7 Å². The average molecular weight is 535 g/mol. The minimum absolute atomic E-state index is 0.103. The Morgan fingerprint density at radius 3 is 2.79 bits per heavy atom. The maximum Gasteiger partial charge on any atom is 0.356 e. The van der Waals surface area contributed by atoms with Gasteiger partial charge in [0.25, 0.3) is 0 Å². The summed E-state index contributed by atoms with van der Waals surface area (Å²) in [5.74, 6) is 0.374. The Hall–Kier alpha value is -4.01. The molecule has 10 nitrogen and oxygen atoms in total. The summed E-state index contributed by atoms with van der Waals surface area (Å²) in [6.07, 6.45) is 1.41. The van der Waals surface area contributed by atoms with Gasteiger partial charge in [0.1, 0.15) is 34.5 Å². The van der Waals surface area contributed by atoms with E-state index in [-0.39, 0.29) is 51.8 Å². The largest absolute Gasteiger partial charge is 0.489 e. The van der Waals surface area contributed by atoms with Gasteiger partial charge in [-0.05, 0) is 32.9 Å². The van der Waals surface area contributed by atoms with Crippen molar-refractivity contribution in [1.82, 2.24) is 29.6 Å². The van der Waals surface area contributed by atoms with Crippen LogP contribution in [0.4, 0.5) is 15.9 Å². The zero-order chi connectivity index (χ0) is 26.8. The standard InChI is InChI=1S/C26H24ClFN8O2/c1-26(2,3)36-24(17(29-4)12-31-36)35-23-18-21(19(27)20(32-23)15-7-5-6-8-16(15)28)38-13-14-11-30-9-10-34(14)22(18)33-25(35)37/h5-8,12,14,30H,9-11,13H2,1-3H3/t14-/m1/s1. The number of fused-ring (bicyclic) bond motifs is 2. The molecule has 1 aromatic carbocycles. The number of halogens is 2. The molecule has 2 aliphatic heterocycles. The molecule has 0 amide bonds. The lowest BCUT2D eigenvalue weighted by atomic mass is 10.1. The highest BCUT2D eigenvalue weighted by molar-refractivity contribution is 6.36. The van der Waals surface area contributed by atoms with Crippen molar-refractivity contribution in [3.8, 4) is 22.8 Å². The molecule has 6 rings (SSSR count). The number of pyridine rings is 1. The molecule has 0 spiro atoms. The molecule has 1 saturated heterocycles. The van der Waals surface area contributed by atoms with Gasteiger partial charge in [-0.25, -0.2) is 23.6 Å². The second-order valence-corrected chi connectivity index (χ2v) is 10.6. The number of hydrogen-bond acceptors (Lipinski definition) is 7. The van der Waals surface area contributed by atoms with Gasteiger partial charge < -0.3 is 15.0 Å². The first kappa shape index (κ1) is 24.3. The summed E-state index contributed by atoms with van der Waals surface area (Å²) in [5, 5.41) is 8.30. The van der Waals surface area contributed by atoms with Crippen LogP contribution in [0, 0.1) is 12.4 Å². The van der Waals surface area contributed by atoms with E-state index in [0.29, 0.717) is 30.8 Å². The summed E-state index contributed by atoms with van der Waals surface area (Å²) in [6, 6.07) is 6.04. The molecule has 2 aliphatic rings. The highest BCUT2D eigenvalue weighted by atomic mass is 35.5. The molecular weight excluding hydrogens is 511 g/mol. The Balaban J connectivity index is 1.79. The van der Waals surface area contributed by atoms with Crippen molar-refractivity contribution < 1.29 is 9.13 Å². The minimum Gasteiger partial charge on any atom is -0.489 e. The lowest BCUT2D eigenvalue weighted by Gasteiger charge is -2.35. The third-order valence-electron chi connectivity index (χ3n) is 6.77. The van der Waals surface area contributed by atoms with E-state index < -0.39 is 17.0 Å². The van der Waals surface area contributed by atoms with Crippen LogP contribution in [0.2, 0.25) is 5.02 Å². The predicted octanol–water partition coefficient (Wildman–Crippen LogP) is 3.91. The number of aromatic nitrogens is 5. The smallest absolute Gasteiger partial charge is 0.356 e. The van der Waals surface area contributed by atoms with Gasteiger partial charge in [0.15, 0.2) is 11.4 Å². The number of nitrogens with zero attached hydrogens (tertiary/aromatic N) is 7. The zero-order valence-electron chi connectivity index (χ0n) is 21.0. The number of benzene rings is 1. The van der Waals surface area contributed by atoms with Crippen molar-refractivity contribution in [2.75, 3.05) is 31.1 Å². The van der Waals surface area contributed by atoms with Crippen LogP contribution in [-0.2, 0) is 5.54 Å². The maximum absolute atomic E-state index is 15.0. The summed E-state index contributed by atoms with van der Waals surface area (Å²) in [4.78, 5) is 28.8. The van der Waals surface area contributed by atoms with Gasteiger partial charge >= 0.3 is 5.69 Å². The Kier molecular flexibility index (Phi) is 5.63. The van der Waals surface area contributed by atoms with Crippen molar-refractivity contribution in [3.05, 3.63) is 63.2 Å². The van der Waals surface area contributed by atoms with Crippen LogP contribution in [0.15, 0.2) is 35.3 Å². The molecule has 1 atom stereocenters. The molecule has 5 heterocycles. The lowest BCUT2D eigenvalue weighted by molar-refractivity contribution is 0.274. The van der Waals surface area contributed by atoms with Crippen LogP contribution < -0.4 is 20.6 Å². The van der Waals surface area contributed by atoms with Gasteiger partial charge in [-0.3, -0.25) is 4.68 Å². The fourth-order valence-corrected chi connectivity index (χ4v) is 5.32. The molecule has 0 unspecified atom stereocenters. The van der Waals surface area contributed by atoms with Crippen LogP contribution >= 0.6 is 11.6 Å². The number of piperazine rings is 1. The maximum atomic E-state index is 15.0. The van der Waals surface area contributed by atoms with E-state index >= 15 is 4.39 Å². The first-order valence-electron chi connectivity index (χ1n) is 12.2. The molecule has 0 saturated carbocycles. The molecule has 1 N–H and O–H groups in total. The number of ether oxygens (including phenoxy) is 1. The van der Waals surface area contributed by atoms with Crippen molar-refractivity contribution in [2.45, 2.75) is 32.4 Å². The molecule has 3 aromatic heterocycles. The second-order valence-electron chi connectivity index (χ2n) is 10.2. The molecule has 194 valence electrons. The van der Waals surface area contributed by atoms with E-state index in [4.69, 9.17) is 27.9 Å². The third kappa shape index (κ3) is 3.63. The summed E-state index contributed by atoms with van der Waals surface area (Å²) in [6.45, 7) is 15.7. The van der Waals surface area contributed by atoms with Gasteiger partial charge in [-0.1, -0.05) is 23.7 Å². The predicted molar refractivity (Wildman–Crippen MR) is 142 cm³/mol. The molecule has 38 heavy (non-hydrogen) atoms. The van der Waals surface area contributed by atoms with Gasteiger partial charge in [0.05, 0.1) is 30.0 Å². The van der Waals surface area contributed by atoms with Crippen LogP contribution in [-0.4, -0.2) is 56.6 Å². The van der Waals surface area contributed by atoms with Crippen molar-refractivity contribution >= 4 is 34.1 Å². The lowest BCUT2D eigenvalue weighted by Crippen LogP contribution is -2.54. The summed E-state index contributed by atoms with van der Waals surface area (Å²) >= 11 is 6.88. The molecule has 1 fully saturated rings. The van der Waals surface area contributed by atoms with Crippen LogP contribution in [0.3, 0.4) is 0 Å². The van der Waals surface area contributed by atoms with E-state index in [0.717, 1.165) is 0 Å².